The van der Waals surface area contributed by atoms with Gasteiger partial charge in [0.05, 0.1) is 61.0 Å². The van der Waals surface area contributed by atoms with Gasteiger partial charge in [0.25, 0.3) is 5.91 Å². The molecule has 0 radical (unpaired) electrons. The maximum atomic E-state index is 13.8. The molecule has 2 aromatic carbocycles. The number of nitrogens with zero attached hydrogens (tertiary/aromatic N) is 7. The molecule has 0 saturated carbocycles. The standard InChI is InChI=1S/C24H25N7O2/c1-17-3-6-23(31-27-9-10-28-31)22(13-17)24(32)29-11-12-33-16-21(29)15-19-14-20(5-4-18(19)2)30-25-7-8-26-30/h3-10,13-14,21H,11-12,15-16H2,1-2H3. The number of ether oxygens (including phenoxy) is 1. The highest BCUT2D eigenvalue weighted by Gasteiger charge is 2.30. The third-order valence-electron chi connectivity index (χ3n) is 5.94. The van der Waals surface area contributed by atoms with Gasteiger partial charge in [-0.15, -0.1) is 0 Å². The van der Waals surface area contributed by atoms with Gasteiger partial charge in [0.1, 0.15) is 0 Å². The van der Waals surface area contributed by atoms with E-state index in [0.29, 0.717) is 37.4 Å². The Labute approximate surface area is 191 Å². The van der Waals surface area contributed by atoms with Gasteiger partial charge in [-0.05, 0) is 55.7 Å². The number of hydrogen-bond donors (Lipinski definition) is 0. The first-order valence-corrected chi connectivity index (χ1v) is 10.9. The summed E-state index contributed by atoms with van der Waals surface area (Å²) in [7, 11) is 0. The van der Waals surface area contributed by atoms with E-state index < -0.39 is 0 Å². The highest BCUT2D eigenvalue weighted by molar-refractivity contribution is 5.98. The first-order valence-electron chi connectivity index (χ1n) is 10.9. The minimum absolute atomic E-state index is 0.0400. The number of aryl methyl sites for hydroxylation is 2. The third kappa shape index (κ3) is 4.27. The molecule has 33 heavy (non-hydrogen) atoms. The lowest BCUT2D eigenvalue weighted by molar-refractivity contribution is -0.00169. The molecular weight excluding hydrogens is 418 g/mol. The van der Waals surface area contributed by atoms with E-state index in [-0.39, 0.29) is 11.9 Å². The number of carbonyl (C=O) groups excluding carboxylic acids is 1. The van der Waals surface area contributed by atoms with Crippen molar-refractivity contribution in [2.24, 2.45) is 0 Å². The summed E-state index contributed by atoms with van der Waals surface area (Å²) in [6, 6.07) is 11.8. The van der Waals surface area contributed by atoms with Crippen LogP contribution in [-0.2, 0) is 11.2 Å². The third-order valence-corrected chi connectivity index (χ3v) is 5.94. The Kier molecular flexibility index (Phi) is 5.70. The smallest absolute Gasteiger partial charge is 0.256 e. The second-order valence-electron chi connectivity index (χ2n) is 8.20. The van der Waals surface area contributed by atoms with Crippen LogP contribution in [0.2, 0.25) is 0 Å². The summed E-state index contributed by atoms with van der Waals surface area (Å²) in [5.74, 6) is -0.0400. The molecule has 1 fully saturated rings. The predicted octanol–water partition coefficient (Wildman–Crippen LogP) is 2.55. The minimum Gasteiger partial charge on any atom is -0.377 e. The summed E-state index contributed by atoms with van der Waals surface area (Å²) in [5.41, 5.74) is 5.44. The summed E-state index contributed by atoms with van der Waals surface area (Å²) in [4.78, 5) is 18.8. The van der Waals surface area contributed by atoms with Gasteiger partial charge in [-0.25, -0.2) is 0 Å². The highest BCUT2D eigenvalue weighted by atomic mass is 16.5. The van der Waals surface area contributed by atoms with E-state index in [2.05, 4.69) is 39.5 Å². The Morgan fingerprint density at radius 2 is 1.70 bits per heavy atom. The number of benzene rings is 2. The molecule has 3 heterocycles. The topological polar surface area (TPSA) is 91.0 Å². The zero-order valence-corrected chi connectivity index (χ0v) is 18.6. The van der Waals surface area contributed by atoms with Crippen LogP contribution in [0.3, 0.4) is 0 Å². The molecule has 9 heteroatoms. The number of aromatic nitrogens is 6. The fourth-order valence-corrected chi connectivity index (χ4v) is 4.19. The molecule has 0 bridgehead atoms. The number of rotatable bonds is 5. The summed E-state index contributed by atoms with van der Waals surface area (Å²) in [5, 5.41) is 16.9. The lowest BCUT2D eigenvalue weighted by Gasteiger charge is -2.36. The van der Waals surface area contributed by atoms with Crippen molar-refractivity contribution < 1.29 is 9.53 Å². The molecule has 2 aromatic heterocycles. The lowest BCUT2D eigenvalue weighted by Crippen LogP contribution is -2.50. The van der Waals surface area contributed by atoms with Crippen molar-refractivity contribution in [1.29, 1.82) is 0 Å². The molecule has 4 aromatic rings. The molecule has 5 rings (SSSR count). The van der Waals surface area contributed by atoms with Gasteiger partial charge < -0.3 is 9.64 Å². The van der Waals surface area contributed by atoms with Crippen molar-refractivity contribution in [3.63, 3.8) is 0 Å². The molecule has 0 spiro atoms. The van der Waals surface area contributed by atoms with Crippen LogP contribution in [-0.4, -0.2) is 66.6 Å². The molecule has 1 saturated heterocycles. The SMILES string of the molecule is Cc1ccc(-n2nccn2)c(C(=O)N2CCOCC2Cc2cc(-n3nccn3)ccc2C)c1. The number of amides is 1. The van der Waals surface area contributed by atoms with Gasteiger partial charge in [-0.1, -0.05) is 17.7 Å². The Bertz CT molecular complexity index is 1250. The van der Waals surface area contributed by atoms with Crippen LogP contribution < -0.4 is 0 Å². The van der Waals surface area contributed by atoms with Crippen LogP contribution >= 0.6 is 0 Å². The van der Waals surface area contributed by atoms with E-state index in [1.165, 1.54) is 4.80 Å². The van der Waals surface area contributed by atoms with E-state index in [4.69, 9.17) is 4.74 Å². The maximum Gasteiger partial charge on any atom is 0.256 e. The van der Waals surface area contributed by atoms with Crippen molar-refractivity contribution in [3.05, 3.63) is 83.4 Å². The summed E-state index contributed by atoms with van der Waals surface area (Å²) in [6.45, 7) is 5.58. The first-order chi connectivity index (χ1) is 16.1. The van der Waals surface area contributed by atoms with E-state index in [9.17, 15) is 4.79 Å². The van der Waals surface area contributed by atoms with Gasteiger partial charge in [0.2, 0.25) is 0 Å². The molecule has 1 amide bonds. The van der Waals surface area contributed by atoms with Gasteiger partial charge >= 0.3 is 0 Å². The summed E-state index contributed by atoms with van der Waals surface area (Å²) >= 11 is 0. The molecule has 1 atom stereocenters. The lowest BCUT2D eigenvalue weighted by atomic mass is 9.98. The van der Waals surface area contributed by atoms with E-state index in [1.807, 2.05) is 36.1 Å². The summed E-state index contributed by atoms with van der Waals surface area (Å²) < 4.78 is 5.79. The predicted molar refractivity (Wildman–Crippen MR) is 122 cm³/mol. The average molecular weight is 444 g/mol. The largest absolute Gasteiger partial charge is 0.377 e. The van der Waals surface area contributed by atoms with Crippen LogP contribution in [0.1, 0.15) is 27.0 Å². The fraction of sp³-hybridized carbons (Fsp3) is 0.292. The molecule has 0 N–H and O–H groups in total. The van der Waals surface area contributed by atoms with Crippen molar-refractivity contribution in [3.8, 4) is 11.4 Å². The van der Waals surface area contributed by atoms with Crippen molar-refractivity contribution in [2.75, 3.05) is 19.8 Å². The Morgan fingerprint density at radius 1 is 0.970 bits per heavy atom. The second kappa shape index (κ2) is 8.95. The quantitative estimate of drug-likeness (QED) is 0.471. The number of carbonyl (C=O) groups is 1. The Morgan fingerprint density at radius 3 is 2.45 bits per heavy atom. The molecule has 1 unspecified atom stereocenters. The van der Waals surface area contributed by atoms with E-state index in [0.717, 1.165) is 22.4 Å². The van der Waals surface area contributed by atoms with E-state index >= 15 is 0 Å². The highest BCUT2D eigenvalue weighted by Crippen LogP contribution is 2.23. The maximum absolute atomic E-state index is 13.8. The summed E-state index contributed by atoms with van der Waals surface area (Å²) in [6.07, 6.45) is 7.20. The molecule has 9 nitrogen and oxygen atoms in total. The van der Waals surface area contributed by atoms with Crippen molar-refractivity contribution in [2.45, 2.75) is 26.3 Å². The van der Waals surface area contributed by atoms with Crippen molar-refractivity contribution in [1.82, 2.24) is 34.9 Å². The first kappa shape index (κ1) is 21.0. The molecule has 0 aliphatic carbocycles. The zero-order chi connectivity index (χ0) is 22.8. The van der Waals surface area contributed by atoms with Gasteiger partial charge in [0, 0.05) is 6.54 Å². The van der Waals surface area contributed by atoms with E-state index in [1.54, 1.807) is 29.6 Å². The monoisotopic (exact) mass is 443 g/mol. The Balaban J connectivity index is 1.46. The van der Waals surface area contributed by atoms with Gasteiger partial charge in [-0.2, -0.15) is 30.0 Å². The minimum atomic E-state index is -0.0928. The molecular formula is C24H25N7O2. The van der Waals surface area contributed by atoms with Gasteiger partial charge in [-0.3, -0.25) is 4.79 Å². The average Bonchev–Trinajstić information content (AvgIpc) is 3.55. The van der Waals surface area contributed by atoms with Crippen LogP contribution in [0, 0.1) is 13.8 Å². The number of morpholine rings is 1. The molecule has 168 valence electrons. The van der Waals surface area contributed by atoms with Crippen LogP contribution in [0.5, 0.6) is 0 Å². The number of hydrogen-bond acceptors (Lipinski definition) is 6. The van der Waals surface area contributed by atoms with Crippen LogP contribution in [0.15, 0.2) is 61.2 Å². The normalized spacial score (nSPS) is 16.2. The molecule has 1 aliphatic heterocycles. The Hall–Kier alpha value is -3.85. The second-order valence-corrected chi connectivity index (χ2v) is 8.20. The van der Waals surface area contributed by atoms with Crippen molar-refractivity contribution >= 4 is 5.91 Å². The fourth-order valence-electron chi connectivity index (χ4n) is 4.19. The zero-order valence-electron chi connectivity index (χ0n) is 18.6. The molecule has 1 aliphatic rings. The van der Waals surface area contributed by atoms with Crippen LogP contribution in [0.25, 0.3) is 11.4 Å². The van der Waals surface area contributed by atoms with Gasteiger partial charge in [0.15, 0.2) is 0 Å². The van der Waals surface area contributed by atoms with Crippen LogP contribution in [0.4, 0.5) is 0 Å².